The highest BCUT2D eigenvalue weighted by molar-refractivity contribution is 7.90. The summed E-state index contributed by atoms with van der Waals surface area (Å²) in [5.74, 6) is 0.386. The highest BCUT2D eigenvalue weighted by Crippen LogP contribution is 2.36. The molecule has 46 heavy (non-hydrogen) atoms. The van der Waals surface area contributed by atoms with Crippen LogP contribution in [0.3, 0.4) is 0 Å². The lowest BCUT2D eigenvalue weighted by Crippen LogP contribution is -2.22. The molecule has 0 aliphatic rings. The van der Waals surface area contributed by atoms with Gasteiger partial charge in [0.05, 0.1) is 23.2 Å². The Balaban J connectivity index is 1.06. The fourth-order valence-corrected chi connectivity index (χ4v) is 5.85. The van der Waals surface area contributed by atoms with Gasteiger partial charge in [0, 0.05) is 52.6 Å². The first kappa shape index (κ1) is 29.2. The van der Waals surface area contributed by atoms with E-state index in [2.05, 4.69) is 33.2 Å². The number of carbonyl (C=O) groups excluding carboxylic acids is 1. The van der Waals surface area contributed by atoms with Crippen molar-refractivity contribution in [2.75, 3.05) is 29.2 Å². The molecule has 7 rings (SSSR count). The number of nitrogens with zero attached hydrogens (tertiary/aromatic N) is 3. The van der Waals surface area contributed by atoms with Crippen molar-refractivity contribution in [2.45, 2.75) is 6.54 Å². The van der Waals surface area contributed by atoms with Gasteiger partial charge in [0.2, 0.25) is 5.95 Å². The van der Waals surface area contributed by atoms with Gasteiger partial charge in [-0.2, -0.15) is 5.10 Å². The average molecular weight is 631 g/mol. The molecule has 0 atom stereocenters. The minimum atomic E-state index is -3.00. The smallest absolute Gasteiger partial charge is 0.255 e. The Morgan fingerprint density at radius 2 is 1.63 bits per heavy atom. The Morgan fingerprint density at radius 1 is 0.870 bits per heavy atom. The highest BCUT2D eigenvalue weighted by atomic mass is 32.2. The quantitative estimate of drug-likeness (QED) is 0.148. The van der Waals surface area contributed by atoms with Gasteiger partial charge in [-0.15, -0.1) is 0 Å². The number of anilines is 3. The normalized spacial score (nSPS) is 11.8. The van der Waals surface area contributed by atoms with Crippen molar-refractivity contribution >= 4 is 60.5 Å². The van der Waals surface area contributed by atoms with Crippen LogP contribution in [0.2, 0.25) is 0 Å². The van der Waals surface area contributed by atoms with Gasteiger partial charge in [-0.3, -0.25) is 4.79 Å². The van der Waals surface area contributed by atoms with Crippen molar-refractivity contribution in [3.8, 4) is 11.3 Å². The zero-order chi connectivity index (χ0) is 31.7. The first-order valence-corrected chi connectivity index (χ1v) is 16.8. The molecule has 0 saturated heterocycles. The highest BCUT2D eigenvalue weighted by Gasteiger charge is 2.16. The molecule has 7 aromatic rings. The molecule has 10 nitrogen and oxygen atoms in total. The Kier molecular flexibility index (Phi) is 7.69. The molecule has 0 aliphatic heterocycles. The number of fused-ring (bicyclic) bond motifs is 4. The van der Waals surface area contributed by atoms with Crippen molar-refractivity contribution in [3.63, 3.8) is 0 Å². The summed E-state index contributed by atoms with van der Waals surface area (Å²) in [7, 11) is -3.00. The molecule has 0 unspecified atom stereocenters. The minimum Gasteiger partial charge on any atom is -0.455 e. The van der Waals surface area contributed by atoms with Gasteiger partial charge < -0.3 is 20.4 Å². The molecular formula is C35H30N6O4S. The summed E-state index contributed by atoms with van der Waals surface area (Å²) in [4.78, 5) is 17.8. The van der Waals surface area contributed by atoms with Crippen LogP contribution >= 0.6 is 0 Å². The number of aromatic nitrogens is 3. The van der Waals surface area contributed by atoms with Crippen LogP contribution < -0.4 is 16.0 Å². The molecule has 3 heterocycles. The molecule has 4 aromatic carbocycles. The number of amides is 1. The standard InChI is InChI=1S/C35H30N6O4S/c1-46(43,44)20-19-36-22-23-9-11-24(12-10-23)34(42)38-25-13-15-26(16-14-25)39-35-40-31(21-27-17-18-37-41(27)35)30-7-4-6-29-28-5-2-3-8-32(28)45-33(29)30/h2-18,21,36H,19-20,22H2,1H3,(H,38,42)(H,39,40). The number of para-hydroxylation sites is 2. The van der Waals surface area contributed by atoms with E-state index < -0.39 is 9.84 Å². The molecule has 0 aliphatic carbocycles. The van der Waals surface area contributed by atoms with E-state index in [1.807, 2.05) is 78.9 Å². The second-order valence-electron chi connectivity index (χ2n) is 11.1. The molecule has 0 spiro atoms. The lowest BCUT2D eigenvalue weighted by atomic mass is 10.1. The third-order valence-electron chi connectivity index (χ3n) is 7.66. The van der Waals surface area contributed by atoms with Crippen LogP contribution in [0.1, 0.15) is 15.9 Å². The van der Waals surface area contributed by atoms with Crippen LogP contribution in [0.4, 0.5) is 17.3 Å². The monoisotopic (exact) mass is 630 g/mol. The SMILES string of the molecule is CS(=O)(=O)CCNCc1ccc(C(=O)Nc2ccc(Nc3nc(-c4cccc5c4oc4ccccc45)cc4ccnn34)cc2)cc1. The number of furan rings is 1. The number of rotatable bonds is 10. The number of sulfone groups is 1. The van der Waals surface area contributed by atoms with E-state index in [1.54, 1.807) is 22.8 Å². The molecule has 0 radical (unpaired) electrons. The molecule has 0 fully saturated rings. The van der Waals surface area contributed by atoms with Crippen LogP contribution in [0, 0.1) is 0 Å². The van der Waals surface area contributed by atoms with Gasteiger partial charge in [0.25, 0.3) is 5.91 Å². The Bertz CT molecular complexity index is 2310. The van der Waals surface area contributed by atoms with Crippen LogP contribution in [0.5, 0.6) is 0 Å². The van der Waals surface area contributed by atoms with E-state index in [0.29, 0.717) is 30.3 Å². The maximum atomic E-state index is 12.9. The van der Waals surface area contributed by atoms with Crippen molar-refractivity contribution in [1.82, 2.24) is 19.9 Å². The Labute approximate surface area is 265 Å². The van der Waals surface area contributed by atoms with Crippen LogP contribution in [-0.2, 0) is 16.4 Å². The predicted molar refractivity (Wildman–Crippen MR) is 181 cm³/mol. The van der Waals surface area contributed by atoms with Crippen molar-refractivity contribution in [1.29, 1.82) is 0 Å². The van der Waals surface area contributed by atoms with Gasteiger partial charge in [0.15, 0.2) is 0 Å². The molecule has 1 amide bonds. The molecular weight excluding hydrogens is 600 g/mol. The molecule has 11 heteroatoms. The van der Waals surface area contributed by atoms with Crippen molar-refractivity contribution in [3.05, 3.63) is 120 Å². The fraction of sp³-hybridized carbons (Fsp3) is 0.114. The lowest BCUT2D eigenvalue weighted by Gasteiger charge is -2.12. The fourth-order valence-electron chi connectivity index (χ4n) is 5.33. The van der Waals surface area contributed by atoms with E-state index in [-0.39, 0.29) is 11.7 Å². The molecule has 230 valence electrons. The molecule has 0 saturated carbocycles. The van der Waals surface area contributed by atoms with Crippen LogP contribution in [0.15, 0.2) is 114 Å². The molecule has 3 aromatic heterocycles. The summed E-state index contributed by atoms with van der Waals surface area (Å²) in [6, 6.07) is 32.5. The number of carbonyl (C=O) groups is 1. The van der Waals surface area contributed by atoms with Crippen LogP contribution in [0.25, 0.3) is 38.7 Å². The van der Waals surface area contributed by atoms with Gasteiger partial charge in [-0.05, 0) is 66.2 Å². The van der Waals surface area contributed by atoms with E-state index in [1.165, 1.54) is 6.26 Å². The summed E-state index contributed by atoms with van der Waals surface area (Å²) in [5, 5.41) is 16.0. The van der Waals surface area contributed by atoms with Crippen molar-refractivity contribution < 1.29 is 17.6 Å². The minimum absolute atomic E-state index is 0.0820. The van der Waals surface area contributed by atoms with E-state index >= 15 is 0 Å². The van der Waals surface area contributed by atoms with E-state index in [9.17, 15) is 13.2 Å². The van der Waals surface area contributed by atoms with Gasteiger partial charge >= 0.3 is 0 Å². The lowest BCUT2D eigenvalue weighted by molar-refractivity contribution is 0.102. The van der Waals surface area contributed by atoms with E-state index in [4.69, 9.17) is 9.40 Å². The van der Waals surface area contributed by atoms with Crippen LogP contribution in [-0.4, -0.2) is 47.5 Å². The summed E-state index contributed by atoms with van der Waals surface area (Å²) in [6.07, 6.45) is 2.95. The number of hydrogen-bond donors (Lipinski definition) is 3. The van der Waals surface area contributed by atoms with Gasteiger partial charge in [-0.1, -0.05) is 42.5 Å². The molecule has 3 N–H and O–H groups in total. The van der Waals surface area contributed by atoms with Crippen molar-refractivity contribution in [2.24, 2.45) is 0 Å². The maximum Gasteiger partial charge on any atom is 0.255 e. The number of nitrogens with one attached hydrogen (secondary N) is 3. The number of benzene rings is 4. The summed E-state index contributed by atoms with van der Waals surface area (Å²) in [6.45, 7) is 0.892. The predicted octanol–water partition coefficient (Wildman–Crippen LogP) is 6.43. The maximum absolute atomic E-state index is 12.9. The first-order valence-electron chi connectivity index (χ1n) is 14.7. The van der Waals surface area contributed by atoms with Gasteiger partial charge in [0.1, 0.15) is 21.0 Å². The molecule has 0 bridgehead atoms. The third kappa shape index (κ3) is 6.19. The summed E-state index contributed by atoms with van der Waals surface area (Å²) in [5.41, 5.74) is 7.01. The Hall–Kier alpha value is -5.52. The second-order valence-corrected chi connectivity index (χ2v) is 13.3. The number of hydrogen-bond acceptors (Lipinski definition) is 8. The third-order valence-corrected chi connectivity index (χ3v) is 8.60. The Morgan fingerprint density at radius 3 is 2.43 bits per heavy atom. The first-order chi connectivity index (χ1) is 22.3. The largest absolute Gasteiger partial charge is 0.455 e. The second kappa shape index (κ2) is 12.1. The average Bonchev–Trinajstić information content (AvgIpc) is 3.69. The summed E-state index contributed by atoms with van der Waals surface area (Å²) < 4.78 is 30.6. The topological polar surface area (TPSA) is 131 Å². The van der Waals surface area contributed by atoms with E-state index in [0.717, 1.165) is 50.0 Å². The zero-order valence-corrected chi connectivity index (χ0v) is 25.7. The summed E-state index contributed by atoms with van der Waals surface area (Å²) >= 11 is 0. The van der Waals surface area contributed by atoms with Gasteiger partial charge in [-0.25, -0.2) is 17.9 Å². The zero-order valence-electron chi connectivity index (χ0n) is 24.9.